The number of nitrogens with zero attached hydrogens (tertiary/aromatic N) is 1. The third-order valence-electron chi connectivity index (χ3n) is 4.12. The molecule has 0 radical (unpaired) electrons. The summed E-state index contributed by atoms with van der Waals surface area (Å²) in [7, 11) is 1.32. The quantitative estimate of drug-likeness (QED) is 0.621. The number of ether oxygens (including phenoxy) is 2. The first kappa shape index (κ1) is 14.6. The van der Waals surface area contributed by atoms with Crippen LogP contribution in [0, 0.1) is 5.92 Å². The summed E-state index contributed by atoms with van der Waals surface area (Å²) in [6.07, 6.45) is 5.90. The van der Waals surface area contributed by atoms with Crippen molar-refractivity contribution in [1.29, 1.82) is 0 Å². The third kappa shape index (κ3) is 2.71. The molecule has 5 heteroatoms. The predicted octanol–water partition coefficient (Wildman–Crippen LogP) is 2.31. The summed E-state index contributed by atoms with van der Waals surface area (Å²) in [6.45, 7) is 0.197. The number of allylic oxidation sites excluding steroid dienone is 2. The maximum absolute atomic E-state index is 12.9. The summed E-state index contributed by atoms with van der Waals surface area (Å²) in [5.74, 6) is 0.100. The minimum Gasteiger partial charge on any atom is -0.475 e. The van der Waals surface area contributed by atoms with E-state index in [0.717, 1.165) is 24.9 Å². The van der Waals surface area contributed by atoms with Crippen LogP contribution in [0.2, 0.25) is 0 Å². The number of fused-ring (bicyclic) bond motifs is 1. The van der Waals surface area contributed by atoms with E-state index in [1.807, 2.05) is 18.2 Å². The lowest BCUT2D eigenvalue weighted by Crippen LogP contribution is -2.49. The van der Waals surface area contributed by atoms with Crippen molar-refractivity contribution in [3.8, 4) is 5.75 Å². The number of carbonyl (C=O) groups excluding carboxylic acids is 2. The van der Waals surface area contributed by atoms with E-state index in [9.17, 15) is 9.59 Å². The van der Waals surface area contributed by atoms with Crippen molar-refractivity contribution in [3.63, 3.8) is 0 Å². The maximum atomic E-state index is 12.9. The van der Waals surface area contributed by atoms with Gasteiger partial charge in [0.1, 0.15) is 5.75 Å². The maximum Gasteiger partial charge on any atom is 0.348 e. The molecule has 1 amide bonds. The van der Waals surface area contributed by atoms with Gasteiger partial charge in [0, 0.05) is 5.92 Å². The van der Waals surface area contributed by atoms with Gasteiger partial charge in [-0.15, -0.1) is 0 Å². The van der Waals surface area contributed by atoms with Crippen LogP contribution in [0.5, 0.6) is 5.75 Å². The van der Waals surface area contributed by atoms with Crippen molar-refractivity contribution in [1.82, 2.24) is 0 Å². The van der Waals surface area contributed by atoms with Crippen molar-refractivity contribution < 1.29 is 19.1 Å². The lowest BCUT2D eigenvalue weighted by atomic mass is 9.92. The van der Waals surface area contributed by atoms with Crippen LogP contribution in [-0.2, 0) is 14.3 Å². The first-order valence-corrected chi connectivity index (χ1v) is 7.50. The molecule has 0 fully saturated rings. The molecular formula is C17H19NO4. The lowest BCUT2D eigenvalue weighted by molar-refractivity contribution is -0.148. The molecule has 1 aromatic carbocycles. The van der Waals surface area contributed by atoms with Crippen LogP contribution >= 0.6 is 0 Å². The smallest absolute Gasteiger partial charge is 0.348 e. The van der Waals surface area contributed by atoms with Crippen molar-refractivity contribution in [2.45, 2.75) is 25.4 Å². The average molecular weight is 301 g/mol. The average Bonchev–Trinajstić information content (AvgIpc) is 2.60. The molecule has 0 saturated carbocycles. The molecule has 3 rings (SSSR count). The van der Waals surface area contributed by atoms with Gasteiger partial charge < -0.3 is 14.4 Å². The fourth-order valence-corrected chi connectivity index (χ4v) is 2.94. The Morgan fingerprint density at radius 2 is 2.09 bits per heavy atom. The van der Waals surface area contributed by atoms with E-state index in [1.165, 1.54) is 7.11 Å². The standard InChI is InChI=1S/C17H19NO4/c1-21-17(20)15-11-18(13-9-5-6-10-14(13)22-15)16(19)12-7-3-2-4-8-12/h2-3,5-6,9-10,12,15H,4,7-8,11H2,1H3. The molecule has 2 unspecified atom stereocenters. The SMILES string of the molecule is COC(=O)C1CN(C(=O)C2CC=CCC2)c2ccccc2O1. The van der Waals surface area contributed by atoms with Gasteiger partial charge in [0.25, 0.3) is 0 Å². The number of amides is 1. The lowest BCUT2D eigenvalue weighted by Gasteiger charge is -2.35. The number of rotatable bonds is 2. The van der Waals surface area contributed by atoms with E-state index >= 15 is 0 Å². The zero-order valence-corrected chi connectivity index (χ0v) is 12.5. The molecule has 0 bridgehead atoms. The normalized spacial score (nSPS) is 23.4. The second-order valence-corrected chi connectivity index (χ2v) is 5.53. The highest BCUT2D eigenvalue weighted by Gasteiger charge is 2.36. The summed E-state index contributed by atoms with van der Waals surface area (Å²) in [4.78, 5) is 26.4. The molecule has 0 saturated heterocycles. The zero-order chi connectivity index (χ0) is 15.5. The molecule has 5 nitrogen and oxygen atoms in total. The van der Waals surface area contributed by atoms with Gasteiger partial charge in [-0.3, -0.25) is 4.79 Å². The van der Waals surface area contributed by atoms with E-state index in [-0.39, 0.29) is 18.4 Å². The Hall–Kier alpha value is -2.30. The number of para-hydroxylation sites is 2. The number of carbonyl (C=O) groups is 2. The summed E-state index contributed by atoms with van der Waals surface area (Å²) < 4.78 is 10.4. The van der Waals surface area contributed by atoms with Gasteiger partial charge >= 0.3 is 5.97 Å². The largest absolute Gasteiger partial charge is 0.475 e. The minimum atomic E-state index is -0.775. The van der Waals surface area contributed by atoms with E-state index in [4.69, 9.17) is 9.47 Å². The van der Waals surface area contributed by atoms with Crippen LogP contribution in [-0.4, -0.2) is 31.6 Å². The topological polar surface area (TPSA) is 55.8 Å². The van der Waals surface area contributed by atoms with E-state index in [1.54, 1.807) is 11.0 Å². The van der Waals surface area contributed by atoms with Gasteiger partial charge in [0.2, 0.25) is 12.0 Å². The molecule has 1 heterocycles. The van der Waals surface area contributed by atoms with Crippen molar-refractivity contribution >= 4 is 17.6 Å². The zero-order valence-electron chi connectivity index (χ0n) is 12.5. The minimum absolute atomic E-state index is 0.0329. The first-order chi connectivity index (χ1) is 10.7. The van der Waals surface area contributed by atoms with Gasteiger partial charge in [-0.1, -0.05) is 24.3 Å². The Morgan fingerprint density at radius 1 is 1.27 bits per heavy atom. The highest BCUT2D eigenvalue weighted by Crippen LogP contribution is 2.35. The van der Waals surface area contributed by atoms with Gasteiger partial charge in [-0.2, -0.15) is 0 Å². The highest BCUT2D eigenvalue weighted by molar-refractivity contribution is 5.98. The van der Waals surface area contributed by atoms with Gasteiger partial charge in [-0.25, -0.2) is 4.79 Å². The first-order valence-electron chi connectivity index (χ1n) is 7.50. The third-order valence-corrected chi connectivity index (χ3v) is 4.12. The highest BCUT2D eigenvalue weighted by atomic mass is 16.6. The molecule has 22 heavy (non-hydrogen) atoms. The van der Waals surface area contributed by atoms with Crippen molar-refractivity contribution in [2.75, 3.05) is 18.6 Å². The summed E-state index contributed by atoms with van der Waals surface area (Å²) >= 11 is 0. The van der Waals surface area contributed by atoms with Crippen molar-refractivity contribution in [2.24, 2.45) is 5.92 Å². The molecule has 0 spiro atoms. The molecular weight excluding hydrogens is 282 g/mol. The molecule has 0 N–H and O–H groups in total. The fourth-order valence-electron chi connectivity index (χ4n) is 2.94. The van der Waals surface area contributed by atoms with Crippen LogP contribution in [0.3, 0.4) is 0 Å². The Labute approximate surface area is 129 Å². The second-order valence-electron chi connectivity index (χ2n) is 5.53. The van der Waals surface area contributed by atoms with Crippen LogP contribution in [0.1, 0.15) is 19.3 Å². The van der Waals surface area contributed by atoms with Crippen LogP contribution in [0.15, 0.2) is 36.4 Å². The summed E-state index contributed by atoms with van der Waals surface area (Å²) in [5, 5.41) is 0. The number of benzene rings is 1. The molecule has 2 atom stereocenters. The Kier molecular flexibility index (Phi) is 4.13. The van der Waals surface area contributed by atoms with Gasteiger partial charge in [0.05, 0.1) is 19.3 Å². The number of anilines is 1. The molecule has 1 aliphatic heterocycles. The number of hydrogen-bond donors (Lipinski definition) is 0. The molecule has 2 aliphatic rings. The van der Waals surface area contributed by atoms with Gasteiger partial charge in [0.15, 0.2) is 0 Å². The van der Waals surface area contributed by atoms with Gasteiger partial charge in [-0.05, 0) is 31.4 Å². The van der Waals surface area contributed by atoms with E-state index in [0.29, 0.717) is 5.75 Å². The molecule has 0 aromatic heterocycles. The van der Waals surface area contributed by atoms with E-state index in [2.05, 4.69) is 12.2 Å². The van der Waals surface area contributed by atoms with Crippen LogP contribution in [0.4, 0.5) is 5.69 Å². The summed E-state index contributed by atoms with van der Waals surface area (Å²) in [5.41, 5.74) is 0.724. The number of esters is 1. The Morgan fingerprint density at radius 3 is 2.82 bits per heavy atom. The number of methoxy groups -OCH3 is 1. The molecule has 1 aliphatic carbocycles. The fraction of sp³-hybridized carbons (Fsp3) is 0.412. The molecule has 116 valence electrons. The van der Waals surface area contributed by atoms with Crippen LogP contribution < -0.4 is 9.64 Å². The Bertz CT molecular complexity index is 610. The molecule has 1 aromatic rings. The van der Waals surface area contributed by atoms with Crippen molar-refractivity contribution in [3.05, 3.63) is 36.4 Å². The monoisotopic (exact) mass is 301 g/mol. The van der Waals surface area contributed by atoms with E-state index < -0.39 is 12.1 Å². The second kappa shape index (κ2) is 6.22. The number of hydrogen-bond acceptors (Lipinski definition) is 4. The van der Waals surface area contributed by atoms with Crippen LogP contribution in [0.25, 0.3) is 0 Å². The predicted molar refractivity (Wildman–Crippen MR) is 81.7 cm³/mol. The summed E-state index contributed by atoms with van der Waals surface area (Å²) in [6, 6.07) is 7.30. The Balaban J connectivity index is 1.89.